The van der Waals surface area contributed by atoms with E-state index in [1.54, 1.807) is 4.90 Å². The van der Waals surface area contributed by atoms with E-state index in [0.717, 1.165) is 19.5 Å². The van der Waals surface area contributed by atoms with E-state index in [9.17, 15) is 9.59 Å². The van der Waals surface area contributed by atoms with Crippen LogP contribution in [0.25, 0.3) is 0 Å². The third kappa shape index (κ3) is 1.81. The predicted octanol–water partition coefficient (Wildman–Crippen LogP) is 1.36. The molecule has 0 bridgehead atoms. The molecule has 1 amide bonds. The number of carbonyl (C=O) groups is 2. The van der Waals surface area contributed by atoms with Crippen molar-refractivity contribution in [3.63, 3.8) is 0 Å². The average molecular weight is 225 g/mol. The van der Waals surface area contributed by atoms with Crippen LogP contribution in [-0.2, 0) is 9.59 Å². The molecule has 1 heterocycles. The number of piperidine rings is 1. The molecule has 1 N–H and O–H groups in total. The van der Waals surface area contributed by atoms with E-state index in [1.165, 1.54) is 0 Å². The molecule has 0 aromatic rings. The van der Waals surface area contributed by atoms with E-state index in [1.807, 2.05) is 0 Å². The number of hydrogen-bond acceptors (Lipinski definition) is 2. The fourth-order valence-corrected chi connectivity index (χ4v) is 2.78. The van der Waals surface area contributed by atoms with Crippen LogP contribution >= 0.6 is 0 Å². The average Bonchev–Trinajstić information content (AvgIpc) is 2.95. The first kappa shape index (κ1) is 11.4. The first-order chi connectivity index (χ1) is 7.45. The lowest BCUT2D eigenvalue weighted by atomic mass is 9.90. The van der Waals surface area contributed by atoms with E-state index in [2.05, 4.69) is 13.8 Å². The van der Waals surface area contributed by atoms with Crippen LogP contribution in [0.5, 0.6) is 0 Å². The Morgan fingerprint density at radius 3 is 2.06 bits per heavy atom. The molecular weight excluding hydrogens is 206 g/mol. The zero-order valence-electron chi connectivity index (χ0n) is 9.90. The SMILES string of the molecule is CC1CC(C)CN(C(=O)C2(C(=O)O)CC2)C1. The molecule has 4 heteroatoms. The number of carboxylic acid groups (broad SMARTS) is 1. The lowest BCUT2D eigenvalue weighted by Crippen LogP contribution is -2.47. The maximum absolute atomic E-state index is 12.2. The number of hydrogen-bond donors (Lipinski definition) is 1. The van der Waals surface area contributed by atoms with Gasteiger partial charge in [-0.25, -0.2) is 0 Å². The van der Waals surface area contributed by atoms with Crippen LogP contribution in [0.3, 0.4) is 0 Å². The van der Waals surface area contributed by atoms with Gasteiger partial charge in [-0.15, -0.1) is 0 Å². The molecule has 0 radical (unpaired) electrons. The number of nitrogens with zero attached hydrogens (tertiary/aromatic N) is 1. The summed E-state index contributed by atoms with van der Waals surface area (Å²) in [6, 6.07) is 0. The van der Waals surface area contributed by atoms with E-state index in [0.29, 0.717) is 24.7 Å². The van der Waals surface area contributed by atoms with Crippen molar-refractivity contribution in [2.24, 2.45) is 17.3 Å². The van der Waals surface area contributed by atoms with Gasteiger partial charge in [-0.05, 0) is 31.1 Å². The normalized spacial score (nSPS) is 32.2. The summed E-state index contributed by atoms with van der Waals surface area (Å²) in [4.78, 5) is 25.0. The summed E-state index contributed by atoms with van der Waals surface area (Å²) in [5.74, 6) is -0.128. The first-order valence-corrected chi connectivity index (χ1v) is 5.98. The summed E-state index contributed by atoms with van der Waals surface area (Å²) in [7, 11) is 0. The van der Waals surface area contributed by atoms with Gasteiger partial charge in [0.15, 0.2) is 0 Å². The molecule has 2 aliphatic rings. The summed E-state index contributed by atoms with van der Waals surface area (Å²) in [5.41, 5.74) is -1.06. The van der Waals surface area contributed by atoms with Crippen molar-refractivity contribution in [2.75, 3.05) is 13.1 Å². The fraction of sp³-hybridized carbons (Fsp3) is 0.833. The van der Waals surface area contributed by atoms with Crippen molar-refractivity contribution in [1.29, 1.82) is 0 Å². The molecule has 0 spiro atoms. The van der Waals surface area contributed by atoms with Crippen molar-refractivity contribution in [3.8, 4) is 0 Å². The lowest BCUT2D eigenvalue weighted by Gasteiger charge is -2.36. The van der Waals surface area contributed by atoms with Crippen LogP contribution in [0.4, 0.5) is 0 Å². The number of carbonyl (C=O) groups excluding carboxylic acids is 1. The Morgan fingerprint density at radius 2 is 1.69 bits per heavy atom. The van der Waals surface area contributed by atoms with E-state index in [-0.39, 0.29) is 5.91 Å². The molecule has 2 rings (SSSR count). The van der Waals surface area contributed by atoms with Gasteiger partial charge in [0.1, 0.15) is 5.41 Å². The molecule has 2 fully saturated rings. The zero-order chi connectivity index (χ0) is 11.9. The molecule has 0 aromatic heterocycles. The highest BCUT2D eigenvalue weighted by Gasteiger charge is 2.58. The summed E-state index contributed by atoms with van der Waals surface area (Å²) < 4.78 is 0. The van der Waals surface area contributed by atoms with E-state index in [4.69, 9.17) is 5.11 Å². The molecule has 2 atom stereocenters. The van der Waals surface area contributed by atoms with Crippen molar-refractivity contribution >= 4 is 11.9 Å². The molecule has 4 nitrogen and oxygen atoms in total. The number of amides is 1. The number of aliphatic carboxylic acids is 1. The van der Waals surface area contributed by atoms with E-state index >= 15 is 0 Å². The molecule has 16 heavy (non-hydrogen) atoms. The Kier molecular flexibility index (Phi) is 2.68. The van der Waals surface area contributed by atoms with Gasteiger partial charge >= 0.3 is 5.97 Å². The molecule has 1 aliphatic heterocycles. The third-order valence-electron chi connectivity index (χ3n) is 3.72. The Labute approximate surface area is 95.6 Å². The maximum atomic E-state index is 12.2. The summed E-state index contributed by atoms with van der Waals surface area (Å²) in [5, 5.41) is 9.09. The van der Waals surface area contributed by atoms with Crippen LogP contribution in [0.2, 0.25) is 0 Å². The molecule has 1 saturated carbocycles. The fourth-order valence-electron chi connectivity index (χ4n) is 2.78. The van der Waals surface area contributed by atoms with Gasteiger partial charge in [-0.1, -0.05) is 13.8 Å². The highest BCUT2D eigenvalue weighted by Crippen LogP contribution is 2.48. The second-order valence-corrected chi connectivity index (χ2v) is 5.54. The van der Waals surface area contributed by atoms with Gasteiger partial charge in [0.05, 0.1) is 0 Å². The van der Waals surface area contributed by atoms with Crippen molar-refractivity contribution < 1.29 is 14.7 Å². The van der Waals surface area contributed by atoms with Crippen LogP contribution in [0.1, 0.15) is 33.1 Å². The van der Waals surface area contributed by atoms with E-state index < -0.39 is 11.4 Å². The summed E-state index contributed by atoms with van der Waals surface area (Å²) >= 11 is 0. The van der Waals surface area contributed by atoms with Gasteiger partial charge in [-0.3, -0.25) is 9.59 Å². The van der Waals surface area contributed by atoms with Gasteiger partial charge in [0.25, 0.3) is 0 Å². The van der Waals surface area contributed by atoms with Gasteiger partial charge in [0.2, 0.25) is 5.91 Å². The highest BCUT2D eigenvalue weighted by atomic mass is 16.4. The Bertz CT molecular complexity index is 312. The minimum atomic E-state index is -1.06. The van der Waals surface area contributed by atoms with Gasteiger partial charge in [-0.2, -0.15) is 0 Å². The minimum Gasteiger partial charge on any atom is -0.480 e. The van der Waals surface area contributed by atoms with Crippen molar-refractivity contribution in [1.82, 2.24) is 4.90 Å². The number of rotatable bonds is 2. The molecule has 1 saturated heterocycles. The molecule has 0 aromatic carbocycles. The van der Waals surface area contributed by atoms with Crippen LogP contribution in [0.15, 0.2) is 0 Å². The molecule has 90 valence electrons. The zero-order valence-corrected chi connectivity index (χ0v) is 9.90. The van der Waals surface area contributed by atoms with Crippen LogP contribution in [0, 0.1) is 17.3 Å². The van der Waals surface area contributed by atoms with Crippen molar-refractivity contribution in [3.05, 3.63) is 0 Å². The highest BCUT2D eigenvalue weighted by molar-refractivity contribution is 6.04. The van der Waals surface area contributed by atoms with Gasteiger partial charge < -0.3 is 10.0 Å². The Balaban J connectivity index is 2.07. The first-order valence-electron chi connectivity index (χ1n) is 5.98. The topological polar surface area (TPSA) is 57.6 Å². The van der Waals surface area contributed by atoms with Crippen LogP contribution < -0.4 is 0 Å². The second-order valence-electron chi connectivity index (χ2n) is 5.54. The van der Waals surface area contributed by atoms with Gasteiger partial charge in [0, 0.05) is 13.1 Å². The monoisotopic (exact) mass is 225 g/mol. The molecule has 1 aliphatic carbocycles. The minimum absolute atomic E-state index is 0.154. The maximum Gasteiger partial charge on any atom is 0.319 e. The molecule has 2 unspecified atom stereocenters. The predicted molar refractivity (Wildman–Crippen MR) is 58.8 cm³/mol. The number of likely N-dealkylation sites (tertiary alicyclic amines) is 1. The summed E-state index contributed by atoms with van der Waals surface area (Å²) in [6.45, 7) is 5.68. The largest absolute Gasteiger partial charge is 0.480 e. The summed E-state index contributed by atoms with van der Waals surface area (Å²) in [6.07, 6.45) is 2.16. The standard InChI is InChI=1S/C12H19NO3/c1-8-5-9(2)7-13(6-8)10(14)12(3-4-12)11(15)16/h8-9H,3-7H2,1-2H3,(H,15,16). The Hall–Kier alpha value is -1.06. The number of carboxylic acids is 1. The Morgan fingerprint density at radius 1 is 1.19 bits per heavy atom. The second kappa shape index (κ2) is 3.75. The molecular formula is C12H19NO3. The van der Waals surface area contributed by atoms with Crippen LogP contribution in [-0.4, -0.2) is 35.0 Å². The quantitative estimate of drug-likeness (QED) is 0.722. The third-order valence-corrected chi connectivity index (χ3v) is 3.72. The smallest absolute Gasteiger partial charge is 0.319 e. The lowest BCUT2D eigenvalue weighted by molar-refractivity contribution is -0.154. The van der Waals surface area contributed by atoms with Crippen molar-refractivity contribution in [2.45, 2.75) is 33.1 Å².